The van der Waals surface area contributed by atoms with Crippen LogP contribution in [0.2, 0.25) is 0 Å². The summed E-state index contributed by atoms with van der Waals surface area (Å²) in [4.78, 5) is 26.7. The van der Waals surface area contributed by atoms with E-state index >= 15 is 0 Å². The lowest BCUT2D eigenvalue weighted by Crippen LogP contribution is -2.21. The average Bonchev–Trinajstić information content (AvgIpc) is 2.71. The van der Waals surface area contributed by atoms with Crippen molar-refractivity contribution in [3.05, 3.63) is 99.1 Å². The molecule has 0 heterocycles. The first-order valence-electron chi connectivity index (χ1n) is 10.6. The molecule has 4 nitrogen and oxygen atoms in total. The van der Waals surface area contributed by atoms with Crippen LogP contribution in [0.15, 0.2) is 54.6 Å². The topological polar surface area (TPSA) is 60.4 Å². The van der Waals surface area contributed by atoms with Gasteiger partial charge in [-0.15, -0.1) is 0 Å². The van der Waals surface area contributed by atoms with Crippen molar-refractivity contribution in [1.29, 1.82) is 0 Å². The van der Waals surface area contributed by atoms with E-state index in [0.29, 0.717) is 16.4 Å². The minimum atomic E-state index is -3.75. The van der Waals surface area contributed by atoms with Crippen LogP contribution in [0.25, 0.3) is 0 Å². The van der Waals surface area contributed by atoms with Gasteiger partial charge in [-0.1, -0.05) is 65.7 Å². The van der Waals surface area contributed by atoms with Gasteiger partial charge in [0.1, 0.15) is 0 Å². The number of carbonyl (C=O) groups is 2. The molecule has 0 aliphatic heterocycles. The van der Waals surface area contributed by atoms with Gasteiger partial charge in [-0.05, 0) is 63.8 Å². The summed E-state index contributed by atoms with van der Waals surface area (Å²) in [5.41, 5.74) is 5.59. The van der Waals surface area contributed by atoms with E-state index < -0.39 is 25.0 Å². The smallest absolute Gasteiger partial charge is 0.339 e. The molecule has 0 radical (unpaired) electrons. The predicted octanol–water partition coefficient (Wildman–Crippen LogP) is 6.18. The highest BCUT2D eigenvalue weighted by atomic mass is 31.2. The molecular weight excluding hydrogens is 419 g/mol. The zero-order chi connectivity index (χ0) is 23.6. The Hall–Kier alpha value is -2.97. The van der Waals surface area contributed by atoms with Crippen molar-refractivity contribution in [2.24, 2.45) is 0 Å². The summed E-state index contributed by atoms with van der Waals surface area (Å²) < 4.78 is 19.8. The van der Waals surface area contributed by atoms with Gasteiger partial charge in [-0.2, -0.15) is 0 Å². The third-order valence-electron chi connectivity index (χ3n) is 5.65. The number of aryl methyl sites for hydroxylation is 6. The van der Waals surface area contributed by atoms with E-state index in [4.69, 9.17) is 4.74 Å². The molecular formula is C27H29O4P. The highest BCUT2D eigenvalue weighted by Gasteiger charge is 2.38. The van der Waals surface area contributed by atoms with Crippen LogP contribution in [0.5, 0.6) is 0 Å². The number of carbonyl (C=O) groups excluding carboxylic acids is 2. The first-order chi connectivity index (χ1) is 15.0. The minimum absolute atomic E-state index is 0.384. The molecule has 166 valence electrons. The quantitative estimate of drug-likeness (QED) is 0.334. The third-order valence-corrected chi connectivity index (χ3v) is 8.16. The van der Waals surface area contributed by atoms with E-state index in [9.17, 15) is 14.2 Å². The lowest BCUT2D eigenvalue weighted by atomic mass is 10.0. The number of ether oxygens (including phenoxy) is 1. The van der Waals surface area contributed by atoms with Crippen LogP contribution in [0, 0.1) is 41.5 Å². The summed E-state index contributed by atoms with van der Waals surface area (Å²) in [6.45, 7) is 11.3. The van der Waals surface area contributed by atoms with Crippen molar-refractivity contribution in [3.63, 3.8) is 0 Å². The summed E-state index contributed by atoms with van der Waals surface area (Å²) in [5.74, 6) is -0.568. The molecule has 0 aromatic heterocycles. The Bertz CT molecular complexity index is 1200. The van der Waals surface area contributed by atoms with Gasteiger partial charge < -0.3 is 9.30 Å². The first kappa shape index (κ1) is 23.7. The Balaban J connectivity index is 2.02. The van der Waals surface area contributed by atoms with Crippen molar-refractivity contribution in [2.45, 2.75) is 41.5 Å². The van der Waals surface area contributed by atoms with E-state index in [0.717, 1.165) is 33.4 Å². The van der Waals surface area contributed by atoms with Crippen LogP contribution in [-0.2, 0) is 9.30 Å². The van der Waals surface area contributed by atoms with Gasteiger partial charge in [0.2, 0.25) is 12.7 Å². The van der Waals surface area contributed by atoms with Crippen LogP contribution < -0.4 is 5.30 Å². The van der Waals surface area contributed by atoms with Gasteiger partial charge >= 0.3 is 5.97 Å². The van der Waals surface area contributed by atoms with E-state index in [2.05, 4.69) is 0 Å². The van der Waals surface area contributed by atoms with E-state index in [-0.39, 0.29) is 0 Å². The summed E-state index contributed by atoms with van der Waals surface area (Å²) in [6, 6.07) is 16.2. The summed E-state index contributed by atoms with van der Waals surface area (Å²) in [6.07, 6.45) is -0.478. The average molecular weight is 448 g/mol. The fraction of sp³-hybridized carbons (Fsp3) is 0.259. The fourth-order valence-corrected chi connectivity index (χ4v) is 6.51. The van der Waals surface area contributed by atoms with Crippen molar-refractivity contribution in [1.82, 2.24) is 0 Å². The molecule has 3 rings (SSSR count). The highest BCUT2D eigenvalue weighted by molar-refractivity contribution is 7.87. The summed E-state index contributed by atoms with van der Waals surface area (Å²) in [7, 11) is -3.75. The molecule has 0 N–H and O–H groups in total. The van der Waals surface area contributed by atoms with Gasteiger partial charge in [0.25, 0.3) is 0 Å². The molecule has 3 aromatic carbocycles. The highest BCUT2D eigenvalue weighted by Crippen LogP contribution is 2.49. The van der Waals surface area contributed by atoms with E-state index in [1.54, 1.807) is 30.3 Å². The Labute approximate surface area is 190 Å². The van der Waals surface area contributed by atoms with Crippen LogP contribution in [0.4, 0.5) is 0 Å². The first-order valence-corrected chi connectivity index (χ1v) is 12.5. The molecule has 1 atom stereocenters. The third kappa shape index (κ3) is 4.61. The van der Waals surface area contributed by atoms with Crippen molar-refractivity contribution in [2.75, 3.05) is 6.35 Å². The van der Waals surface area contributed by atoms with Gasteiger partial charge in [0, 0.05) is 10.9 Å². The zero-order valence-corrected chi connectivity index (χ0v) is 20.4. The van der Waals surface area contributed by atoms with Gasteiger partial charge in [0.15, 0.2) is 6.35 Å². The Morgan fingerprint density at radius 1 is 0.719 bits per heavy atom. The molecule has 0 amide bonds. The van der Waals surface area contributed by atoms with Crippen LogP contribution in [0.1, 0.15) is 54.1 Å². The van der Waals surface area contributed by atoms with Crippen molar-refractivity contribution < 1.29 is 18.9 Å². The van der Waals surface area contributed by atoms with E-state index in [1.165, 1.54) is 0 Å². The molecule has 0 aliphatic carbocycles. The molecule has 0 saturated carbocycles. The SMILES string of the molecule is Cc1cc(C)c(C(=O)OCP(=O)(C(=O)c2c(C)cc(C)cc2C)c2ccccc2)c(C)c1. The Morgan fingerprint density at radius 3 is 1.62 bits per heavy atom. The standard InChI is InChI=1S/C27H29O4P/c1-17-12-19(3)24(20(4)13-17)26(28)31-16-32(30,23-10-8-7-9-11-23)27(29)25-21(5)14-18(2)15-22(25)6/h7-15H,16H2,1-6H3. The van der Waals surface area contributed by atoms with Crippen LogP contribution >= 0.6 is 7.14 Å². The lowest BCUT2D eigenvalue weighted by molar-refractivity contribution is 0.0569. The zero-order valence-electron chi connectivity index (χ0n) is 19.5. The fourth-order valence-electron chi connectivity index (χ4n) is 4.34. The second-order valence-electron chi connectivity index (χ2n) is 8.49. The lowest BCUT2D eigenvalue weighted by Gasteiger charge is -2.21. The van der Waals surface area contributed by atoms with Crippen LogP contribution in [-0.4, -0.2) is 17.8 Å². The second-order valence-corrected chi connectivity index (χ2v) is 11.1. The van der Waals surface area contributed by atoms with Gasteiger partial charge in [0.05, 0.1) is 5.56 Å². The molecule has 0 bridgehead atoms. The maximum atomic E-state index is 14.2. The number of benzene rings is 3. The predicted molar refractivity (Wildman–Crippen MR) is 130 cm³/mol. The molecule has 32 heavy (non-hydrogen) atoms. The molecule has 0 saturated heterocycles. The molecule has 0 fully saturated rings. The van der Waals surface area contributed by atoms with Gasteiger partial charge in [-0.3, -0.25) is 4.79 Å². The number of hydrogen-bond donors (Lipinski definition) is 0. The molecule has 3 aromatic rings. The Morgan fingerprint density at radius 2 is 1.16 bits per heavy atom. The molecule has 1 unspecified atom stereocenters. The number of rotatable bonds is 6. The van der Waals surface area contributed by atoms with Gasteiger partial charge in [-0.25, -0.2) is 4.79 Å². The summed E-state index contributed by atoms with van der Waals surface area (Å²) in [5, 5.41) is 0.384. The van der Waals surface area contributed by atoms with E-state index in [1.807, 2.05) is 65.8 Å². The number of hydrogen-bond acceptors (Lipinski definition) is 4. The monoisotopic (exact) mass is 448 g/mol. The van der Waals surface area contributed by atoms with Crippen molar-refractivity contribution >= 4 is 23.9 Å². The summed E-state index contributed by atoms with van der Waals surface area (Å²) >= 11 is 0. The maximum Gasteiger partial charge on any atom is 0.339 e. The van der Waals surface area contributed by atoms with Crippen LogP contribution in [0.3, 0.4) is 0 Å². The minimum Gasteiger partial charge on any atom is -0.453 e. The maximum absolute atomic E-state index is 14.2. The molecule has 5 heteroatoms. The largest absolute Gasteiger partial charge is 0.453 e. The molecule has 0 spiro atoms. The molecule has 0 aliphatic rings. The van der Waals surface area contributed by atoms with Crippen molar-refractivity contribution in [3.8, 4) is 0 Å². The Kier molecular flexibility index (Phi) is 6.85. The normalized spacial score (nSPS) is 12.8. The second kappa shape index (κ2) is 9.26. The number of esters is 1.